The molecule has 8 nitrogen and oxygen atoms in total. The highest BCUT2D eigenvalue weighted by molar-refractivity contribution is 6.04. The second kappa shape index (κ2) is 9.56. The molecule has 0 unspecified atom stereocenters. The minimum Gasteiger partial charge on any atom is -0.482 e. The maximum Gasteiger partial charge on any atom is 0.336 e. The summed E-state index contributed by atoms with van der Waals surface area (Å²) in [7, 11) is 1.25. The number of carbonyl (C=O) groups excluding carboxylic acids is 2. The molecule has 0 fully saturated rings. The van der Waals surface area contributed by atoms with Gasteiger partial charge in [0.25, 0.3) is 0 Å². The molecule has 0 bridgehead atoms. The van der Waals surface area contributed by atoms with Gasteiger partial charge in [0.1, 0.15) is 12.4 Å². The van der Waals surface area contributed by atoms with Crippen LogP contribution in [0.4, 0.5) is 10.1 Å². The van der Waals surface area contributed by atoms with Crippen LogP contribution in [0.2, 0.25) is 0 Å². The number of halogens is 1. The van der Waals surface area contributed by atoms with Crippen molar-refractivity contribution in [2.75, 3.05) is 7.11 Å². The predicted octanol–water partition coefficient (Wildman–Crippen LogP) is 5.09. The Bertz CT molecular complexity index is 1330. The molecule has 188 valence electrons. The molecule has 0 spiro atoms. The molecule has 1 aliphatic heterocycles. The van der Waals surface area contributed by atoms with Crippen molar-refractivity contribution in [3.05, 3.63) is 92.1 Å². The Kier molecular flexibility index (Phi) is 6.67. The van der Waals surface area contributed by atoms with Gasteiger partial charge in [0.2, 0.25) is 0 Å². The third-order valence-corrected chi connectivity index (χ3v) is 6.44. The van der Waals surface area contributed by atoms with E-state index in [-0.39, 0.29) is 41.2 Å². The van der Waals surface area contributed by atoms with Crippen LogP contribution in [-0.4, -0.2) is 23.8 Å². The van der Waals surface area contributed by atoms with Crippen LogP contribution in [0.25, 0.3) is 0 Å². The van der Waals surface area contributed by atoms with Gasteiger partial charge < -0.3 is 14.8 Å². The summed E-state index contributed by atoms with van der Waals surface area (Å²) in [6.45, 7) is 5.65. The van der Waals surface area contributed by atoms with Gasteiger partial charge in [-0.25, -0.2) is 9.18 Å². The fourth-order valence-electron chi connectivity index (χ4n) is 4.92. The molecule has 2 aromatic rings. The predicted molar refractivity (Wildman–Crippen MR) is 129 cm³/mol. The molecule has 0 saturated heterocycles. The number of ether oxygens (including phenoxy) is 2. The first-order valence-electron chi connectivity index (χ1n) is 11.5. The van der Waals surface area contributed by atoms with Crippen molar-refractivity contribution in [2.45, 2.75) is 46.1 Å². The van der Waals surface area contributed by atoms with Crippen LogP contribution in [0.3, 0.4) is 0 Å². The van der Waals surface area contributed by atoms with E-state index < -0.39 is 22.6 Å². The number of nitro groups is 1. The number of carbonyl (C=O) groups is 2. The van der Waals surface area contributed by atoms with Gasteiger partial charge in [0.15, 0.2) is 11.5 Å². The highest BCUT2D eigenvalue weighted by Crippen LogP contribution is 2.47. The third-order valence-electron chi connectivity index (χ3n) is 6.44. The highest BCUT2D eigenvalue weighted by atomic mass is 19.1. The zero-order valence-corrected chi connectivity index (χ0v) is 20.5. The molecule has 0 amide bonds. The van der Waals surface area contributed by atoms with Crippen molar-refractivity contribution in [1.29, 1.82) is 0 Å². The average Bonchev–Trinajstić information content (AvgIpc) is 2.80. The van der Waals surface area contributed by atoms with Gasteiger partial charge >= 0.3 is 11.7 Å². The summed E-state index contributed by atoms with van der Waals surface area (Å²) in [4.78, 5) is 37.5. The number of dihydropyridines is 1. The van der Waals surface area contributed by atoms with Crippen molar-refractivity contribution < 1.29 is 28.4 Å². The summed E-state index contributed by atoms with van der Waals surface area (Å²) in [5, 5.41) is 15.2. The number of Topliss-reactive ketones (excluding diaryl/α,β-unsaturated/α-hetero) is 1. The molecule has 1 heterocycles. The molecule has 1 atom stereocenters. The fraction of sp³-hybridized carbons (Fsp3) is 0.333. The Morgan fingerprint density at radius 2 is 1.97 bits per heavy atom. The molecule has 4 rings (SSSR count). The van der Waals surface area contributed by atoms with E-state index in [1.54, 1.807) is 19.1 Å². The lowest BCUT2D eigenvalue weighted by molar-refractivity contribution is -0.386. The van der Waals surface area contributed by atoms with E-state index in [1.165, 1.54) is 37.4 Å². The number of ketones is 1. The number of benzene rings is 2. The van der Waals surface area contributed by atoms with E-state index >= 15 is 0 Å². The van der Waals surface area contributed by atoms with Crippen LogP contribution >= 0.6 is 0 Å². The van der Waals surface area contributed by atoms with Crippen LogP contribution < -0.4 is 10.1 Å². The summed E-state index contributed by atoms with van der Waals surface area (Å²) < 4.78 is 24.2. The summed E-state index contributed by atoms with van der Waals surface area (Å²) in [5.74, 6) is -2.01. The fourth-order valence-corrected chi connectivity index (χ4v) is 4.92. The van der Waals surface area contributed by atoms with Crippen LogP contribution in [0.1, 0.15) is 50.7 Å². The number of nitro benzene ring substituents is 1. The average molecular weight is 495 g/mol. The lowest BCUT2D eigenvalue weighted by Gasteiger charge is -2.39. The molecule has 0 saturated carbocycles. The van der Waals surface area contributed by atoms with Gasteiger partial charge in [0, 0.05) is 35.4 Å². The minimum absolute atomic E-state index is 0.00688. The highest BCUT2D eigenvalue weighted by Gasteiger charge is 2.43. The smallest absolute Gasteiger partial charge is 0.336 e. The molecular formula is C27H27FN2O6. The third kappa shape index (κ3) is 4.86. The topological polar surface area (TPSA) is 108 Å². The molecule has 1 N–H and O–H groups in total. The number of hydrogen-bond acceptors (Lipinski definition) is 7. The Morgan fingerprint density at radius 1 is 1.22 bits per heavy atom. The van der Waals surface area contributed by atoms with E-state index in [0.29, 0.717) is 34.5 Å². The maximum absolute atomic E-state index is 13.5. The normalized spacial score (nSPS) is 18.9. The molecule has 0 aromatic heterocycles. The number of rotatable bonds is 6. The lowest BCUT2D eigenvalue weighted by atomic mass is 9.68. The number of methoxy groups -OCH3 is 1. The molecule has 9 heteroatoms. The van der Waals surface area contributed by atoms with Gasteiger partial charge in [-0.2, -0.15) is 0 Å². The number of allylic oxidation sites excluding steroid dienone is 3. The number of nitrogens with zero attached hydrogens (tertiary/aromatic N) is 1. The molecule has 2 aliphatic rings. The van der Waals surface area contributed by atoms with E-state index in [2.05, 4.69) is 5.32 Å². The summed E-state index contributed by atoms with van der Waals surface area (Å²) in [6, 6.07) is 10.1. The molecule has 2 aromatic carbocycles. The van der Waals surface area contributed by atoms with E-state index in [0.717, 1.165) is 0 Å². The van der Waals surface area contributed by atoms with E-state index in [9.17, 15) is 24.1 Å². The Hall–Kier alpha value is -4.01. The van der Waals surface area contributed by atoms with Gasteiger partial charge in [-0.1, -0.05) is 32.0 Å². The Morgan fingerprint density at radius 3 is 2.64 bits per heavy atom. The van der Waals surface area contributed by atoms with Gasteiger partial charge in [-0.3, -0.25) is 14.9 Å². The quantitative estimate of drug-likeness (QED) is 0.339. The second-order valence-electron chi connectivity index (χ2n) is 9.82. The van der Waals surface area contributed by atoms with E-state index in [4.69, 9.17) is 9.47 Å². The van der Waals surface area contributed by atoms with Gasteiger partial charge in [0.05, 0.1) is 17.6 Å². The summed E-state index contributed by atoms with van der Waals surface area (Å²) in [6.07, 6.45) is 0.877. The van der Waals surface area contributed by atoms with Crippen molar-refractivity contribution in [1.82, 2.24) is 5.32 Å². The maximum atomic E-state index is 13.5. The summed E-state index contributed by atoms with van der Waals surface area (Å²) in [5.41, 5.74) is 2.22. The number of hydrogen-bond donors (Lipinski definition) is 1. The minimum atomic E-state index is -0.826. The first-order chi connectivity index (χ1) is 17.0. The largest absolute Gasteiger partial charge is 0.482 e. The van der Waals surface area contributed by atoms with Crippen LogP contribution in [0, 0.1) is 21.3 Å². The van der Waals surface area contributed by atoms with E-state index in [1.807, 2.05) is 13.8 Å². The zero-order chi connectivity index (χ0) is 26.2. The number of esters is 1. The lowest BCUT2D eigenvalue weighted by Crippen LogP contribution is -2.38. The van der Waals surface area contributed by atoms with Crippen molar-refractivity contribution in [3.8, 4) is 5.75 Å². The van der Waals surface area contributed by atoms with Gasteiger partial charge in [-0.05, 0) is 48.1 Å². The summed E-state index contributed by atoms with van der Waals surface area (Å²) >= 11 is 0. The van der Waals surface area contributed by atoms with Crippen LogP contribution in [0.15, 0.2) is 65.0 Å². The number of nitrogens with one attached hydrogen (secondary N) is 1. The first kappa shape index (κ1) is 25.1. The Balaban J connectivity index is 1.78. The van der Waals surface area contributed by atoms with Crippen LogP contribution in [-0.2, 0) is 20.9 Å². The molecule has 0 radical (unpaired) electrons. The molecule has 1 aliphatic carbocycles. The molecule has 36 heavy (non-hydrogen) atoms. The zero-order valence-electron chi connectivity index (χ0n) is 20.5. The first-order valence-corrected chi connectivity index (χ1v) is 11.5. The SMILES string of the molecule is COC(=O)C1=C(C)NC2=C(C(=O)CC(C)(C)C2)[C@H]1c1ccc(OCc2cccc(F)c2)c([N+](=O)[O-])c1. The standard InChI is InChI=1S/C27H27FN2O6/c1-15-23(26(32)35-4)24(25-19(29-15)12-27(2,3)13-21(25)31)17-8-9-22(20(11-17)30(33)34)36-14-16-6-5-7-18(28)10-16/h5-11,24,29H,12-14H2,1-4H3/t24-/m0/s1. The van der Waals surface area contributed by atoms with Gasteiger partial charge in [-0.15, -0.1) is 0 Å². The Labute approximate surface area is 207 Å². The monoisotopic (exact) mass is 494 g/mol. The van der Waals surface area contributed by atoms with Crippen LogP contribution in [0.5, 0.6) is 5.75 Å². The van der Waals surface area contributed by atoms with Crippen molar-refractivity contribution in [2.24, 2.45) is 5.41 Å². The van der Waals surface area contributed by atoms with Crippen molar-refractivity contribution >= 4 is 17.4 Å². The molecular weight excluding hydrogens is 467 g/mol. The van der Waals surface area contributed by atoms with Crippen molar-refractivity contribution in [3.63, 3.8) is 0 Å². The second-order valence-corrected chi connectivity index (χ2v) is 9.82.